The van der Waals surface area contributed by atoms with Crippen molar-refractivity contribution < 1.29 is 4.74 Å². The first-order valence-electron chi connectivity index (χ1n) is 3.68. The summed E-state index contributed by atoms with van der Waals surface area (Å²) < 4.78 is 5.32. The summed E-state index contributed by atoms with van der Waals surface area (Å²) in [7, 11) is 0. The Morgan fingerprint density at radius 2 is 2.00 bits per heavy atom. The Balaban J connectivity index is 2.09. The van der Waals surface area contributed by atoms with E-state index in [-0.39, 0.29) is 12.2 Å². The van der Waals surface area contributed by atoms with E-state index in [4.69, 9.17) is 16.3 Å². The second kappa shape index (κ2) is 2.84. The number of alkyl halides is 1. The maximum Gasteiger partial charge on any atom is 0.110 e. The van der Waals surface area contributed by atoms with Gasteiger partial charge in [0.1, 0.15) is 12.2 Å². The second-order valence-corrected chi connectivity index (χ2v) is 2.97. The third-order valence-electron chi connectivity index (χ3n) is 1.86. The molecule has 0 saturated carbocycles. The zero-order valence-corrected chi connectivity index (χ0v) is 6.79. The number of epoxide rings is 1. The van der Waals surface area contributed by atoms with E-state index in [1.165, 1.54) is 5.56 Å². The summed E-state index contributed by atoms with van der Waals surface area (Å²) >= 11 is 5.62. The number of rotatable bonds is 2. The Bertz CT molecular complexity index is 235. The van der Waals surface area contributed by atoms with Crippen molar-refractivity contribution in [2.45, 2.75) is 12.2 Å². The molecule has 2 heteroatoms. The number of hydrogen-bond donors (Lipinski definition) is 0. The monoisotopic (exact) mass is 168 g/mol. The van der Waals surface area contributed by atoms with E-state index in [2.05, 4.69) is 12.1 Å². The van der Waals surface area contributed by atoms with Crippen LogP contribution in [0.25, 0.3) is 0 Å². The second-order valence-electron chi connectivity index (χ2n) is 2.66. The fourth-order valence-electron chi connectivity index (χ4n) is 1.20. The van der Waals surface area contributed by atoms with Gasteiger partial charge in [-0.25, -0.2) is 0 Å². The Morgan fingerprint density at radius 1 is 1.27 bits per heavy atom. The molecule has 1 saturated heterocycles. The van der Waals surface area contributed by atoms with Crippen molar-refractivity contribution in [2.24, 2.45) is 0 Å². The quantitative estimate of drug-likeness (QED) is 0.488. The lowest BCUT2D eigenvalue weighted by atomic mass is 10.1. The van der Waals surface area contributed by atoms with E-state index >= 15 is 0 Å². The van der Waals surface area contributed by atoms with Gasteiger partial charge in [-0.3, -0.25) is 0 Å². The maximum absolute atomic E-state index is 5.62. The lowest BCUT2D eigenvalue weighted by Crippen LogP contribution is -1.88. The maximum atomic E-state index is 5.62. The first-order valence-corrected chi connectivity index (χ1v) is 4.21. The number of benzene rings is 1. The van der Waals surface area contributed by atoms with Crippen molar-refractivity contribution in [3.63, 3.8) is 0 Å². The average molecular weight is 169 g/mol. The average Bonchev–Trinajstić information content (AvgIpc) is 2.85. The molecule has 0 aliphatic carbocycles. The summed E-state index contributed by atoms with van der Waals surface area (Å²) in [5.41, 5.74) is 1.23. The fraction of sp³-hybridized carbons (Fsp3) is 0.333. The van der Waals surface area contributed by atoms with Crippen molar-refractivity contribution in [3.05, 3.63) is 35.9 Å². The number of hydrogen-bond acceptors (Lipinski definition) is 1. The van der Waals surface area contributed by atoms with Gasteiger partial charge in [0, 0.05) is 0 Å². The first kappa shape index (κ1) is 7.14. The van der Waals surface area contributed by atoms with Gasteiger partial charge in [0.05, 0.1) is 5.88 Å². The Morgan fingerprint density at radius 3 is 2.55 bits per heavy atom. The molecule has 1 heterocycles. The highest BCUT2D eigenvalue weighted by Crippen LogP contribution is 2.38. The predicted octanol–water partition coefficient (Wildman–Crippen LogP) is 2.37. The molecule has 1 nitrogen and oxygen atoms in total. The highest BCUT2D eigenvalue weighted by molar-refractivity contribution is 6.18. The van der Waals surface area contributed by atoms with Crippen LogP contribution in [0.3, 0.4) is 0 Å². The molecule has 2 rings (SSSR count). The molecule has 58 valence electrons. The predicted molar refractivity (Wildman–Crippen MR) is 44.8 cm³/mol. The summed E-state index contributed by atoms with van der Waals surface area (Å²) in [6, 6.07) is 10.2. The molecule has 1 aromatic carbocycles. The van der Waals surface area contributed by atoms with Gasteiger partial charge in [-0.15, -0.1) is 11.6 Å². The van der Waals surface area contributed by atoms with E-state index in [0.29, 0.717) is 5.88 Å². The van der Waals surface area contributed by atoms with Crippen LogP contribution in [0, 0.1) is 0 Å². The van der Waals surface area contributed by atoms with Crippen molar-refractivity contribution in [2.75, 3.05) is 5.88 Å². The van der Waals surface area contributed by atoms with Gasteiger partial charge in [-0.2, -0.15) is 0 Å². The van der Waals surface area contributed by atoms with Crippen LogP contribution in [-0.2, 0) is 4.74 Å². The van der Waals surface area contributed by atoms with Crippen molar-refractivity contribution in [3.8, 4) is 0 Å². The number of ether oxygens (including phenoxy) is 1. The molecule has 0 amide bonds. The molecule has 1 aliphatic heterocycles. The highest BCUT2D eigenvalue weighted by atomic mass is 35.5. The molecule has 0 N–H and O–H groups in total. The molecule has 11 heavy (non-hydrogen) atoms. The summed E-state index contributed by atoms with van der Waals surface area (Å²) in [4.78, 5) is 0. The Hall–Kier alpha value is -0.530. The van der Waals surface area contributed by atoms with Crippen molar-refractivity contribution in [1.82, 2.24) is 0 Å². The van der Waals surface area contributed by atoms with Crippen LogP contribution in [0.1, 0.15) is 11.7 Å². The normalized spacial score (nSPS) is 28.5. The highest BCUT2D eigenvalue weighted by Gasteiger charge is 2.38. The first-order chi connectivity index (χ1) is 5.42. The van der Waals surface area contributed by atoms with Crippen molar-refractivity contribution >= 4 is 11.6 Å². The topological polar surface area (TPSA) is 12.5 Å². The molecular weight excluding hydrogens is 160 g/mol. The van der Waals surface area contributed by atoms with Gasteiger partial charge >= 0.3 is 0 Å². The van der Waals surface area contributed by atoms with E-state index in [1.807, 2.05) is 18.2 Å². The van der Waals surface area contributed by atoms with Crippen LogP contribution in [-0.4, -0.2) is 12.0 Å². The van der Waals surface area contributed by atoms with Gasteiger partial charge < -0.3 is 4.74 Å². The minimum absolute atomic E-state index is 0.249. The molecule has 2 unspecified atom stereocenters. The molecule has 0 aromatic heterocycles. The summed E-state index contributed by atoms with van der Waals surface area (Å²) in [5, 5.41) is 0. The van der Waals surface area contributed by atoms with Gasteiger partial charge in [-0.1, -0.05) is 30.3 Å². The van der Waals surface area contributed by atoms with Crippen LogP contribution >= 0.6 is 11.6 Å². The minimum Gasteiger partial charge on any atom is -0.363 e. The Labute approximate surface area is 70.9 Å². The Kier molecular flexibility index (Phi) is 1.84. The van der Waals surface area contributed by atoms with E-state index in [9.17, 15) is 0 Å². The lowest BCUT2D eigenvalue weighted by Gasteiger charge is -1.91. The SMILES string of the molecule is ClCC1OC1c1ccccc1. The molecule has 0 spiro atoms. The summed E-state index contributed by atoms with van der Waals surface area (Å²) in [6.45, 7) is 0. The summed E-state index contributed by atoms with van der Waals surface area (Å²) in [6.07, 6.45) is 0.507. The van der Waals surface area contributed by atoms with Gasteiger partial charge in [-0.05, 0) is 5.56 Å². The summed E-state index contributed by atoms with van der Waals surface area (Å²) in [5.74, 6) is 0.597. The smallest absolute Gasteiger partial charge is 0.110 e. The lowest BCUT2D eigenvalue weighted by molar-refractivity contribution is 0.384. The molecule has 1 aliphatic rings. The molecular formula is C9H9ClO. The van der Waals surface area contributed by atoms with Gasteiger partial charge in [0.25, 0.3) is 0 Å². The van der Waals surface area contributed by atoms with E-state index < -0.39 is 0 Å². The molecule has 1 fully saturated rings. The van der Waals surface area contributed by atoms with Crippen LogP contribution in [0.5, 0.6) is 0 Å². The minimum atomic E-state index is 0.249. The van der Waals surface area contributed by atoms with E-state index in [0.717, 1.165) is 0 Å². The van der Waals surface area contributed by atoms with Crippen molar-refractivity contribution in [1.29, 1.82) is 0 Å². The fourth-order valence-corrected chi connectivity index (χ4v) is 1.43. The van der Waals surface area contributed by atoms with E-state index in [1.54, 1.807) is 0 Å². The standard InChI is InChI=1S/C9H9ClO/c10-6-8-9(11-8)7-4-2-1-3-5-7/h1-5,8-9H,6H2. The third kappa shape index (κ3) is 1.39. The van der Waals surface area contributed by atoms with Gasteiger partial charge in [0.15, 0.2) is 0 Å². The third-order valence-corrected chi connectivity index (χ3v) is 2.17. The number of halogens is 1. The zero-order chi connectivity index (χ0) is 7.68. The van der Waals surface area contributed by atoms with Crippen LogP contribution in [0.2, 0.25) is 0 Å². The van der Waals surface area contributed by atoms with Gasteiger partial charge in [0.2, 0.25) is 0 Å². The molecule has 2 atom stereocenters. The zero-order valence-electron chi connectivity index (χ0n) is 6.03. The molecule has 1 aromatic rings. The van der Waals surface area contributed by atoms with Crippen LogP contribution in [0.4, 0.5) is 0 Å². The van der Waals surface area contributed by atoms with Crippen LogP contribution in [0.15, 0.2) is 30.3 Å². The van der Waals surface area contributed by atoms with Crippen LogP contribution < -0.4 is 0 Å². The largest absolute Gasteiger partial charge is 0.363 e. The molecule has 0 bridgehead atoms. The molecule has 0 radical (unpaired) electrons.